The first-order valence-corrected chi connectivity index (χ1v) is 16.7. The summed E-state index contributed by atoms with van der Waals surface area (Å²) in [5, 5.41) is 0. The predicted molar refractivity (Wildman–Crippen MR) is 181 cm³/mol. The summed E-state index contributed by atoms with van der Waals surface area (Å²) in [4.78, 5) is 69.2. The summed E-state index contributed by atoms with van der Waals surface area (Å²) in [5.41, 5.74) is -0.0759. The van der Waals surface area contributed by atoms with E-state index in [1.165, 1.54) is 7.11 Å². The molecular formula is C33H31NO11S3. The Morgan fingerprint density at radius 1 is 0.708 bits per heavy atom. The van der Waals surface area contributed by atoms with Gasteiger partial charge >= 0.3 is 23.9 Å². The zero-order chi connectivity index (χ0) is 35.0. The van der Waals surface area contributed by atoms with Gasteiger partial charge < -0.3 is 28.4 Å². The first kappa shape index (κ1) is 35.1. The summed E-state index contributed by atoms with van der Waals surface area (Å²) in [6.45, 7) is 3.30. The third-order valence-electron chi connectivity index (χ3n) is 7.61. The van der Waals surface area contributed by atoms with Crippen molar-refractivity contribution in [1.82, 2.24) is 0 Å². The highest BCUT2D eigenvalue weighted by atomic mass is 32.2. The molecule has 0 aromatic heterocycles. The molecule has 0 saturated carbocycles. The van der Waals surface area contributed by atoms with E-state index in [2.05, 4.69) is 0 Å². The van der Waals surface area contributed by atoms with Gasteiger partial charge in [-0.05, 0) is 44.2 Å². The largest absolute Gasteiger partial charge is 0.466 e. The second-order valence-electron chi connectivity index (χ2n) is 10.8. The molecule has 3 aliphatic rings. The Labute approximate surface area is 289 Å². The van der Waals surface area contributed by atoms with Crippen molar-refractivity contribution in [3.05, 3.63) is 79.3 Å². The Balaban J connectivity index is 1.89. The van der Waals surface area contributed by atoms with E-state index in [9.17, 15) is 24.0 Å². The number of amides is 1. The lowest BCUT2D eigenvalue weighted by molar-refractivity contribution is -0.138. The van der Waals surface area contributed by atoms with E-state index in [1.807, 2.05) is 18.2 Å². The molecule has 12 nitrogen and oxygen atoms in total. The molecule has 3 aliphatic heterocycles. The van der Waals surface area contributed by atoms with Gasteiger partial charge in [-0.1, -0.05) is 53.5 Å². The molecule has 1 spiro atoms. The zero-order valence-corrected chi connectivity index (χ0v) is 29.4. The van der Waals surface area contributed by atoms with Crippen LogP contribution in [0.5, 0.6) is 11.5 Å². The molecule has 0 atom stereocenters. The minimum Gasteiger partial charge on any atom is -0.466 e. The number of hydrogen-bond donors (Lipinski definition) is 0. The average Bonchev–Trinajstić information content (AvgIpc) is 3.47. The van der Waals surface area contributed by atoms with Gasteiger partial charge in [-0.3, -0.25) is 9.69 Å². The van der Waals surface area contributed by atoms with Crippen LogP contribution in [0.25, 0.3) is 5.57 Å². The molecule has 0 radical (unpaired) electrons. The smallest absolute Gasteiger partial charge is 0.345 e. The molecule has 3 heterocycles. The van der Waals surface area contributed by atoms with Crippen molar-refractivity contribution in [1.29, 1.82) is 0 Å². The van der Waals surface area contributed by atoms with Crippen LogP contribution in [-0.2, 0) is 47.7 Å². The summed E-state index contributed by atoms with van der Waals surface area (Å²) in [6, 6.07) is 14.1. The Kier molecular flexibility index (Phi) is 10.1. The van der Waals surface area contributed by atoms with Crippen LogP contribution in [0.2, 0.25) is 0 Å². The van der Waals surface area contributed by atoms with Gasteiger partial charge in [-0.2, -0.15) is 0 Å². The molecule has 0 aliphatic carbocycles. The number of carbonyl (C=O) groups excluding carboxylic acids is 5. The van der Waals surface area contributed by atoms with Crippen molar-refractivity contribution >= 4 is 76.3 Å². The van der Waals surface area contributed by atoms with Gasteiger partial charge in [-0.15, -0.1) is 0 Å². The standard InChI is InChI=1S/C33H31NO11S3/c1-32(2)27-22(19-15-18(45-17-11-9-8-10-12-17)13-14-20(19)34(32)21(35)16-40-3)33(23(28(36)41-4)24(46-27)29(37)42-5)47-25(30(38)43-6)26(48-33)31(39)44-7/h8-15H,16H2,1-7H3. The Hall–Kier alpha value is -4.18. The summed E-state index contributed by atoms with van der Waals surface area (Å²) in [7, 11) is 6.04. The highest BCUT2D eigenvalue weighted by Gasteiger charge is 2.61. The van der Waals surface area contributed by atoms with Crippen LogP contribution in [0.3, 0.4) is 0 Å². The first-order valence-electron chi connectivity index (χ1n) is 14.2. The number of anilines is 1. The summed E-state index contributed by atoms with van der Waals surface area (Å²) in [5.74, 6) is -2.95. The molecule has 2 aromatic rings. The monoisotopic (exact) mass is 713 g/mol. The normalized spacial score (nSPS) is 17.4. The molecule has 0 unspecified atom stereocenters. The van der Waals surface area contributed by atoms with Crippen molar-refractivity contribution in [2.75, 3.05) is 47.1 Å². The van der Waals surface area contributed by atoms with E-state index in [0.29, 0.717) is 33.2 Å². The maximum atomic E-state index is 13.9. The Morgan fingerprint density at radius 2 is 1.27 bits per heavy atom. The number of rotatable bonds is 8. The van der Waals surface area contributed by atoms with Crippen molar-refractivity contribution in [3.8, 4) is 11.5 Å². The number of hydrogen-bond acceptors (Lipinski definition) is 14. The summed E-state index contributed by atoms with van der Waals surface area (Å²) in [6.07, 6.45) is 0. The second-order valence-corrected chi connectivity index (χ2v) is 14.5. The Bertz CT molecular complexity index is 1790. The zero-order valence-electron chi connectivity index (χ0n) is 27.0. The number of thioether (sulfide) groups is 3. The van der Waals surface area contributed by atoms with Gasteiger partial charge in [0.1, 0.15) is 36.9 Å². The van der Waals surface area contributed by atoms with Crippen molar-refractivity contribution in [2.24, 2.45) is 0 Å². The quantitative estimate of drug-likeness (QED) is 0.266. The molecule has 252 valence electrons. The fourth-order valence-electron chi connectivity index (χ4n) is 5.62. The molecule has 5 rings (SSSR count). The van der Waals surface area contributed by atoms with E-state index in [4.69, 9.17) is 28.4 Å². The minimum atomic E-state index is -1.72. The highest BCUT2D eigenvalue weighted by Crippen LogP contribution is 2.71. The van der Waals surface area contributed by atoms with Crippen LogP contribution in [0.15, 0.2) is 73.7 Å². The Morgan fingerprint density at radius 3 is 1.81 bits per heavy atom. The summed E-state index contributed by atoms with van der Waals surface area (Å²) < 4.78 is 30.2. The average molecular weight is 714 g/mol. The number of methoxy groups -OCH3 is 5. The van der Waals surface area contributed by atoms with E-state index >= 15 is 0 Å². The number of nitrogens with zero attached hydrogens (tertiary/aromatic N) is 1. The lowest BCUT2D eigenvalue weighted by Crippen LogP contribution is -2.54. The van der Waals surface area contributed by atoms with Crippen LogP contribution in [0.1, 0.15) is 19.4 Å². The first-order chi connectivity index (χ1) is 22.9. The molecule has 48 heavy (non-hydrogen) atoms. The fraction of sp³-hybridized carbons (Fsp3) is 0.303. The number of carbonyl (C=O) groups is 5. The number of fused-ring (bicyclic) bond motifs is 3. The van der Waals surface area contributed by atoms with Gasteiger partial charge in [0.25, 0.3) is 5.91 Å². The lowest BCUT2D eigenvalue weighted by Gasteiger charge is -2.50. The van der Waals surface area contributed by atoms with Crippen molar-refractivity contribution in [3.63, 3.8) is 0 Å². The van der Waals surface area contributed by atoms with E-state index < -0.39 is 33.5 Å². The molecule has 1 amide bonds. The van der Waals surface area contributed by atoms with Crippen LogP contribution in [0.4, 0.5) is 5.69 Å². The van der Waals surface area contributed by atoms with Gasteiger partial charge in [0, 0.05) is 23.2 Å². The molecule has 0 fully saturated rings. The highest BCUT2D eigenvalue weighted by molar-refractivity contribution is 8.26. The number of esters is 4. The third kappa shape index (κ3) is 5.78. The number of benzene rings is 2. The van der Waals surface area contributed by atoms with E-state index in [0.717, 1.165) is 63.7 Å². The maximum Gasteiger partial charge on any atom is 0.345 e. The van der Waals surface area contributed by atoms with Gasteiger partial charge in [0.2, 0.25) is 0 Å². The topological polar surface area (TPSA) is 144 Å². The molecule has 15 heteroatoms. The van der Waals surface area contributed by atoms with E-state index in [1.54, 1.807) is 49.1 Å². The van der Waals surface area contributed by atoms with Gasteiger partial charge in [0.15, 0.2) is 0 Å². The number of ether oxygens (including phenoxy) is 6. The van der Waals surface area contributed by atoms with Crippen LogP contribution in [0, 0.1) is 0 Å². The van der Waals surface area contributed by atoms with E-state index in [-0.39, 0.29) is 32.8 Å². The maximum absolute atomic E-state index is 13.9. The van der Waals surface area contributed by atoms with Crippen LogP contribution in [-0.4, -0.2) is 81.6 Å². The van der Waals surface area contributed by atoms with Crippen LogP contribution < -0.4 is 9.64 Å². The van der Waals surface area contributed by atoms with Crippen molar-refractivity contribution < 1.29 is 52.4 Å². The van der Waals surface area contributed by atoms with Gasteiger partial charge in [-0.25, -0.2) is 19.2 Å². The molecule has 0 saturated heterocycles. The lowest BCUT2D eigenvalue weighted by atomic mass is 9.83. The summed E-state index contributed by atoms with van der Waals surface area (Å²) >= 11 is 2.63. The SMILES string of the molecule is COCC(=O)N1c2ccc(Oc3ccccc3)cc2C2=C(SC(C(=O)OC)=C(C(=O)OC)C23SC(C(=O)OC)=C(C(=O)OC)S3)C1(C)C. The fourth-order valence-corrected chi connectivity index (χ4v) is 10.7. The minimum absolute atomic E-state index is 0.146. The molecule has 2 aromatic carbocycles. The second kappa shape index (κ2) is 13.7. The third-order valence-corrected chi connectivity index (χ3v) is 12.3. The van der Waals surface area contributed by atoms with Crippen molar-refractivity contribution in [2.45, 2.75) is 23.5 Å². The predicted octanol–water partition coefficient (Wildman–Crippen LogP) is 5.04. The van der Waals surface area contributed by atoms with Gasteiger partial charge in [0.05, 0.1) is 45.2 Å². The molecule has 0 N–H and O–H groups in total. The van der Waals surface area contributed by atoms with Crippen LogP contribution >= 0.6 is 35.3 Å². The molecular weight excluding hydrogens is 683 g/mol. The number of para-hydroxylation sites is 1. The molecule has 0 bridgehead atoms.